The highest BCUT2D eigenvalue weighted by molar-refractivity contribution is 5.22. The molecule has 68 valence electrons. The molecule has 0 heteroatoms. The fourth-order valence-corrected chi connectivity index (χ4v) is 1.95. The number of hydrogen-bond acceptors (Lipinski definition) is 0. The van der Waals surface area contributed by atoms with Crippen molar-refractivity contribution in [1.29, 1.82) is 0 Å². The largest absolute Gasteiger partial charge is 0.0842 e. The molecule has 1 aliphatic rings. The van der Waals surface area contributed by atoms with Gasteiger partial charge in [-0.3, -0.25) is 0 Å². The Kier molecular flexibility index (Phi) is 3.13. The van der Waals surface area contributed by atoms with Gasteiger partial charge in [0.1, 0.15) is 0 Å². The molecule has 0 saturated heterocycles. The van der Waals surface area contributed by atoms with Gasteiger partial charge in [-0.25, -0.2) is 0 Å². The molecule has 0 heterocycles. The highest BCUT2D eigenvalue weighted by Crippen LogP contribution is 2.35. The van der Waals surface area contributed by atoms with Crippen molar-refractivity contribution in [3.8, 4) is 0 Å². The first-order valence-corrected chi connectivity index (χ1v) is 5.03. The number of rotatable bonds is 3. The van der Waals surface area contributed by atoms with Crippen LogP contribution in [0.4, 0.5) is 0 Å². The van der Waals surface area contributed by atoms with E-state index in [0.717, 1.165) is 0 Å². The molecule has 1 aliphatic carbocycles. The molecule has 0 fully saturated rings. The van der Waals surface area contributed by atoms with Crippen LogP contribution in [0.1, 0.15) is 46.5 Å². The van der Waals surface area contributed by atoms with Crippen LogP contribution in [0.5, 0.6) is 0 Å². The summed E-state index contributed by atoms with van der Waals surface area (Å²) in [6.07, 6.45) is 11.9. The molecule has 0 nitrogen and oxygen atoms in total. The Hall–Kier alpha value is -0.520. The lowest BCUT2D eigenvalue weighted by molar-refractivity contribution is 0.389. The Morgan fingerprint density at radius 1 is 1.42 bits per heavy atom. The van der Waals surface area contributed by atoms with Crippen molar-refractivity contribution >= 4 is 0 Å². The Labute approximate surface area is 76.4 Å². The molecule has 0 aromatic heterocycles. The van der Waals surface area contributed by atoms with Gasteiger partial charge in [-0.1, -0.05) is 51.0 Å². The smallest absolute Gasteiger partial charge is 0.0142 e. The van der Waals surface area contributed by atoms with E-state index >= 15 is 0 Å². The molecule has 0 unspecified atom stereocenters. The maximum atomic E-state index is 2.36. The molecule has 0 N–H and O–H groups in total. The van der Waals surface area contributed by atoms with E-state index < -0.39 is 0 Å². The highest BCUT2D eigenvalue weighted by Gasteiger charge is 2.21. The quantitative estimate of drug-likeness (QED) is 0.589. The van der Waals surface area contributed by atoms with Crippen molar-refractivity contribution in [1.82, 2.24) is 0 Å². The Morgan fingerprint density at radius 2 is 2.17 bits per heavy atom. The van der Waals surface area contributed by atoms with Gasteiger partial charge in [0, 0.05) is 0 Å². The third-order valence-corrected chi connectivity index (χ3v) is 2.76. The standard InChI is InChI=1S/C12H20/c1-4-10-12(2,3)11-8-6-5-7-9-11/h5-6,8H,4,7,9-10H2,1-3H3. The summed E-state index contributed by atoms with van der Waals surface area (Å²) in [5.41, 5.74) is 2.06. The molecule has 0 aromatic carbocycles. The van der Waals surface area contributed by atoms with Crippen LogP contribution in [0.2, 0.25) is 0 Å². The number of hydrogen-bond donors (Lipinski definition) is 0. The predicted molar refractivity (Wildman–Crippen MR) is 55.1 cm³/mol. The Morgan fingerprint density at radius 3 is 2.67 bits per heavy atom. The van der Waals surface area contributed by atoms with E-state index in [1.807, 2.05) is 0 Å². The maximum absolute atomic E-state index is 2.36. The molecule has 0 spiro atoms. The van der Waals surface area contributed by atoms with E-state index in [-0.39, 0.29) is 0 Å². The van der Waals surface area contributed by atoms with E-state index in [0.29, 0.717) is 5.41 Å². The second kappa shape index (κ2) is 3.93. The lowest BCUT2D eigenvalue weighted by Gasteiger charge is -2.28. The van der Waals surface area contributed by atoms with Crippen LogP contribution in [-0.2, 0) is 0 Å². The average Bonchev–Trinajstić information content (AvgIpc) is 2.06. The van der Waals surface area contributed by atoms with E-state index in [2.05, 4.69) is 39.0 Å². The van der Waals surface area contributed by atoms with Gasteiger partial charge in [0.2, 0.25) is 0 Å². The summed E-state index contributed by atoms with van der Waals surface area (Å²) in [6.45, 7) is 6.99. The molecule has 0 saturated carbocycles. The zero-order valence-electron chi connectivity index (χ0n) is 8.56. The second-order valence-corrected chi connectivity index (χ2v) is 4.29. The zero-order valence-corrected chi connectivity index (χ0v) is 8.56. The summed E-state index contributed by atoms with van der Waals surface area (Å²) in [5.74, 6) is 0. The Balaban J connectivity index is 2.66. The second-order valence-electron chi connectivity index (χ2n) is 4.29. The number of allylic oxidation sites excluding steroid dienone is 4. The van der Waals surface area contributed by atoms with Gasteiger partial charge < -0.3 is 0 Å². The molecule has 1 rings (SSSR count). The van der Waals surface area contributed by atoms with Crippen molar-refractivity contribution in [2.45, 2.75) is 46.5 Å². The SMILES string of the molecule is CCCC(C)(C)C1=CC=CCC1. The maximum Gasteiger partial charge on any atom is -0.0142 e. The van der Waals surface area contributed by atoms with Crippen molar-refractivity contribution in [2.75, 3.05) is 0 Å². The molecule has 0 amide bonds. The molecule has 0 bridgehead atoms. The van der Waals surface area contributed by atoms with Crippen molar-refractivity contribution in [3.05, 3.63) is 23.8 Å². The van der Waals surface area contributed by atoms with E-state index in [9.17, 15) is 0 Å². The van der Waals surface area contributed by atoms with E-state index in [4.69, 9.17) is 0 Å². The van der Waals surface area contributed by atoms with Crippen molar-refractivity contribution in [3.63, 3.8) is 0 Å². The minimum absolute atomic E-state index is 0.430. The predicted octanol–water partition coefficient (Wildman–Crippen LogP) is 4.09. The van der Waals surface area contributed by atoms with Gasteiger partial charge in [0.05, 0.1) is 0 Å². The normalized spacial score (nSPS) is 17.8. The van der Waals surface area contributed by atoms with E-state index in [1.54, 1.807) is 5.57 Å². The topological polar surface area (TPSA) is 0 Å². The minimum Gasteiger partial charge on any atom is -0.0842 e. The van der Waals surface area contributed by atoms with Crippen LogP contribution in [0.25, 0.3) is 0 Å². The first-order chi connectivity index (χ1) is 5.67. The molecule has 0 aliphatic heterocycles. The third kappa shape index (κ3) is 2.23. The summed E-state index contributed by atoms with van der Waals surface area (Å²) in [5, 5.41) is 0. The van der Waals surface area contributed by atoms with Crippen LogP contribution < -0.4 is 0 Å². The molecule has 0 radical (unpaired) electrons. The van der Waals surface area contributed by atoms with Crippen molar-refractivity contribution in [2.24, 2.45) is 5.41 Å². The monoisotopic (exact) mass is 164 g/mol. The fraction of sp³-hybridized carbons (Fsp3) is 0.667. The molecule has 12 heavy (non-hydrogen) atoms. The summed E-state index contributed by atoms with van der Waals surface area (Å²) in [4.78, 5) is 0. The van der Waals surface area contributed by atoms with E-state index in [1.165, 1.54) is 25.7 Å². The van der Waals surface area contributed by atoms with Gasteiger partial charge in [-0.15, -0.1) is 0 Å². The molecular weight excluding hydrogens is 144 g/mol. The lowest BCUT2D eigenvalue weighted by atomic mass is 9.77. The molecule has 0 atom stereocenters. The van der Waals surface area contributed by atoms with Gasteiger partial charge in [0.15, 0.2) is 0 Å². The first-order valence-electron chi connectivity index (χ1n) is 5.03. The Bertz CT molecular complexity index is 194. The first kappa shape index (κ1) is 9.57. The zero-order chi connectivity index (χ0) is 9.03. The minimum atomic E-state index is 0.430. The van der Waals surface area contributed by atoms with Crippen LogP contribution in [0.3, 0.4) is 0 Å². The van der Waals surface area contributed by atoms with Gasteiger partial charge in [0.25, 0.3) is 0 Å². The summed E-state index contributed by atoms with van der Waals surface area (Å²) in [6, 6.07) is 0. The van der Waals surface area contributed by atoms with Gasteiger partial charge in [-0.05, 0) is 24.7 Å². The molecule has 0 aromatic rings. The highest BCUT2D eigenvalue weighted by atomic mass is 14.3. The fourth-order valence-electron chi connectivity index (χ4n) is 1.95. The summed E-state index contributed by atoms with van der Waals surface area (Å²) < 4.78 is 0. The summed E-state index contributed by atoms with van der Waals surface area (Å²) >= 11 is 0. The average molecular weight is 164 g/mol. The van der Waals surface area contributed by atoms with Crippen LogP contribution >= 0.6 is 0 Å². The van der Waals surface area contributed by atoms with Crippen LogP contribution in [-0.4, -0.2) is 0 Å². The third-order valence-electron chi connectivity index (χ3n) is 2.76. The summed E-state index contributed by atoms with van der Waals surface area (Å²) in [7, 11) is 0. The lowest BCUT2D eigenvalue weighted by Crippen LogP contribution is -2.15. The van der Waals surface area contributed by atoms with Crippen LogP contribution in [0, 0.1) is 5.41 Å². The van der Waals surface area contributed by atoms with Crippen molar-refractivity contribution < 1.29 is 0 Å². The molecular formula is C12H20. The van der Waals surface area contributed by atoms with Gasteiger partial charge in [-0.2, -0.15) is 0 Å². The van der Waals surface area contributed by atoms with Crippen LogP contribution in [0.15, 0.2) is 23.8 Å². The van der Waals surface area contributed by atoms with Gasteiger partial charge >= 0.3 is 0 Å².